The highest BCUT2D eigenvalue weighted by Gasteiger charge is 2.20. The minimum absolute atomic E-state index is 0.587. The molecular formula is C50H30N2O. The lowest BCUT2D eigenvalue weighted by molar-refractivity contribution is 0.657. The second-order valence-corrected chi connectivity index (χ2v) is 13.7. The maximum absolute atomic E-state index is 6.60. The van der Waals surface area contributed by atoms with Crippen molar-refractivity contribution in [2.24, 2.45) is 0 Å². The summed E-state index contributed by atoms with van der Waals surface area (Å²) < 4.78 is 6.60. The standard InChI is InChI=1S/C50H30N2O/c1-2-13-32(14-3-1)47-46-44-27-24-31-12-4-5-19-38(31)48(44)53-50(46)52-49(51-47)37-18-11-17-35(29-37)33-15-10-16-34(28-33)36-25-26-43-41-22-7-6-20-39(41)40-21-8-9-23-42(40)45(43)30-36/h1-30H. The Kier molecular flexibility index (Phi) is 6.55. The molecule has 3 heteroatoms. The average molecular weight is 675 g/mol. The van der Waals surface area contributed by atoms with Gasteiger partial charge in [-0.15, -0.1) is 0 Å². The predicted octanol–water partition coefficient (Wildman–Crippen LogP) is 13.7. The predicted molar refractivity (Wildman–Crippen MR) is 221 cm³/mol. The second kappa shape index (κ2) is 11.7. The smallest absolute Gasteiger partial charge is 0.231 e. The Morgan fingerprint density at radius 3 is 1.53 bits per heavy atom. The van der Waals surface area contributed by atoms with Gasteiger partial charge in [0.05, 0.1) is 11.1 Å². The van der Waals surface area contributed by atoms with Crippen LogP contribution in [-0.4, -0.2) is 9.97 Å². The van der Waals surface area contributed by atoms with Crippen molar-refractivity contribution in [1.82, 2.24) is 9.97 Å². The van der Waals surface area contributed by atoms with Gasteiger partial charge in [0.1, 0.15) is 5.58 Å². The monoisotopic (exact) mass is 674 g/mol. The molecule has 53 heavy (non-hydrogen) atoms. The molecule has 11 aromatic rings. The molecule has 0 saturated carbocycles. The van der Waals surface area contributed by atoms with E-state index in [2.05, 4.69) is 170 Å². The van der Waals surface area contributed by atoms with Crippen LogP contribution in [0.4, 0.5) is 0 Å². The topological polar surface area (TPSA) is 38.9 Å². The molecule has 0 radical (unpaired) electrons. The second-order valence-electron chi connectivity index (χ2n) is 13.7. The quantitative estimate of drug-likeness (QED) is 0.174. The number of rotatable bonds is 4. The highest BCUT2D eigenvalue weighted by molar-refractivity contribution is 6.25. The van der Waals surface area contributed by atoms with Crippen LogP contribution in [-0.2, 0) is 0 Å². The molecule has 9 aromatic carbocycles. The van der Waals surface area contributed by atoms with E-state index in [9.17, 15) is 0 Å². The molecule has 0 atom stereocenters. The van der Waals surface area contributed by atoms with Gasteiger partial charge in [-0.1, -0.05) is 158 Å². The molecule has 0 fully saturated rings. The first-order chi connectivity index (χ1) is 26.3. The van der Waals surface area contributed by atoms with Crippen molar-refractivity contribution in [3.05, 3.63) is 182 Å². The lowest BCUT2D eigenvalue weighted by Gasteiger charge is -2.13. The highest BCUT2D eigenvalue weighted by Crippen LogP contribution is 2.41. The van der Waals surface area contributed by atoms with E-state index in [-0.39, 0.29) is 0 Å². The number of fused-ring (bicyclic) bond motifs is 11. The summed E-state index contributed by atoms with van der Waals surface area (Å²) in [5.41, 5.74) is 8.84. The number of nitrogens with zero attached hydrogens (tertiary/aromatic N) is 2. The Labute approximate surface area is 305 Å². The van der Waals surface area contributed by atoms with E-state index in [0.29, 0.717) is 11.5 Å². The zero-order chi connectivity index (χ0) is 34.9. The van der Waals surface area contributed by atoms with Crippen LogP contribution in [0.15, 0.2) is 186 Å². The molecular weight excluding hydrogens is 645 g/mol. The Bertz CT molecular complexity index is 3200. The van der Waals surface area contributed by atoms with E-state index in [0.717, 1.165) is 55.1 Å². The third kappa shape index (κ3) is 4.75. The maximum Gasteiger partial charge on any atom is 0.231 e. The van der Waals surface area contributed by atoms with Gasteiger partial charge in [0.2, 0.25) is 5.71 Å². The molecule has 0 N–H and O–H groups in total. The molecule has 0 aliphatic rings. The van der Waals surface area contributed by atoms with Gasteiger partial charge in [-0.05, 0) is 84.2 Å². The van der Waals surface area contributed by atoms with E-state index in [1.165, 1.54) is 43.4 Å². The molecule has 0 aliphatic carbocycles. The molecule has 0 spiro atoms. The number of benzene rings is 9. The molecule has 2 aromatic heterocycles. The van der Waals surface area contributed by atoms with Crippen molar-refractivity contribution in [2.75, 3.05) is 0 Å². The van der Waals surface area contributed by atoms with Crippen LogP contribution in [0.25, 0.3) is 110 Å². The molecule has 0 amide bonds. The van der Waals surface area contributed by atoms with Crippen molar-refractivity contribution >= 4 is 65.2 Å². The third-order valence-electron chi connectivity index (χ3n) is 10.7. The minimum atomic E-state index is 0.587. The summed E-state index contributed by atoms with van der Waals surface area (Å²) in [6.07, 6.45) is 0. The summed E-state index contributed by atoms with van der Waals surface area (Å²) in [6.45, 7) is 0. The van der Waals surface area contributed by atoms with Crippen molar-refractivity contribution < 1.29 is 4.42 Å². The first-order valence-corrected chi connectivity index (χ1v) is 18.0. The van der Waals surface area contributed by atoms with Crippen molar-refractivity contribution in [3.8, 4) is 44.9 Å². The average Bonchev–Trinajstić information content (AvgIpc) is 3.63. The van der Waals surface area contributed by atoms with E-state index in [1.807, 2.05) is 12.1 Å². The van der Waals surface area contributed by atoms with Crippen LogP contribution in [0.5, 0.6) is 0 Å². The van der Waals surface area contributed by atoms with Crippen LogP contribution in [0, 0.1) is 0 Å². The number of hydrogen-bond donors (Lipinski definition) is 0. The first kappa shape index (κ1) is 29.6. The molecule has 0 saturated heterocycles. The Morgan fingerprint density at radius 1 is 0.321 bits per heavy atom. The third-order valence-corrected chi connectivity index (χ3v) is 10.7. The molecule has 3 nitrogen and oxygen atoms in total. The van der Waals surface area contributed by atoms with E-state index in [4.69, 9.17) is 14.4 Å². The maximum atomic E-state index is 6.60. The Balaban J connectivity index is 1.04. The van der Waals surface area contributed by atoms with Crippen LogP contribution < -0.4 is 0 Å². The van der Waals surface area contributed by atoms with Gasteiger partial charge in [-0.2, -0.15) is 4.98 Å². The van der Waals surface area contributed by atoms with Gasteiger partial charge in [0.25, 0.3) is 0 Å². The van der Waals surface area contributed by atoms with E-state index < -0.39 is 0 Å². The SMILES string of the molecule is c1ccc(-c2nc(-c3cccc(-c4cccc(-c5ccc6c7ccccc7c7ccccc7c6c5)c4)c3)nc3oc4c5ccccc5ccc4c23)cc1. The molecule has 2 heterocycles. The number of furan rings is 1. The molecule has 0 aliphatic heterocycles. The van der Waals surface area contributed by atoms with Gasteiger partial charge in [0.15, 0.2) is 5.82 Å². The summed E-state index contributed by atoms with van der Waals surface area (Å²) in [6, 6.07) is 64.6. The normalized spacial score (nSPS) is 11.8. The summed E-state index contributed by atoms with van der Waals surface area (Å²) in [5.74, 6) is 0.631. The minimum Gasteiger partial charge on any atom is -0.437 e. The van der Waals surface area contributed by atoms with Crippen LogP contribution in [0.2, 0.25) is 0 Å². The van der Waals surface area contributed by atoms with Crippen LogP contribution in [0.1, 0.15) is 0 Å². The summed E-state index contributed by atoms with van der Waals surface area (Å²) in [4.78, 5) is 10.3. The van der Waals surface area contributed by atoms with Gasteiger partial charge in [0, 0.05) is 21.9 Å². The molecule has 0 bridgehead atoms. The summed E-state index contributed by atoms with van der Waals surface area (Å²) >= 11 is 0. The van der Waals surface area contributed by atoms with Gasteiger partial charge < -0.3 is 4.42 Å². The lowest BCUT2D eigenvalue weighted by Crippen LogP contribution is -1.94. The van der Waals surface area contributed by atoms with Crippen LogP contribution in [0.3, 0.4) is 0 Å². The van der Waals surface area contributed by atoms with Crippen molar-refractivity contribution in [2.45, 2.75) is 0 Å². The fraction of sp³-hybridized carbons (Fsp3) is 0. The molecule has 11 rings (SSSR count). The number of hydrogen-bond acceptors (Lipinski definition) is 3. The number of aromatic nitrogens is 2. The molecule has 246 valence electrons. The van der Waals surface area contributed by atoms with E-state index in [1.54, 1.807) is 0 Å². The largest absolute Gasteiger partial charge is 0.437 e. The van der Waals surface area contributed by atoms with E-state index >= 15 is 0 Å². The zero-order valence-corrected chi connectivity index (χ0v) is 28.6. The van der Waals surface area contributed by atoms with Crippen LogP contribution >= 0.6 is 0 Å². The zero-order valence-electron chi connectivity index (χ0n) is 28.6. The summed E-state index contributed by atoms with van der Waals surface area (Å²) in [7, 11) is 0. The van der Waals surface area contributed by atoms with Gasteiger partial charge in [-0.3, -0.25) is 0 Å². The Morgan fingerprint density at radius 2 is 0.830 bits per heavy atom. The lowest BCUT2D eigenvalue weighted by atomic mass is 9.91. The van der Waals surface area contributed by atoms with Crippen molar-refractivity contribution in [3.63, 3.8) is 0 Å². The van der Waals surface area contributed by atoms with Crippen molar-refractivity contribution in [1.29, 1.82) is 0 Å². The van der Waals surface area contributed by atoms with Gasteiger partial charge >= 0.3 is 0 Å². The fourth-order valence-electron chi connectivity index (χ4n) is 8.14. The van der Waals surface area contributed by atoms with Gasteiger partial charge in [-0.25, -0.2) is 4.98 Å². The first-order valence-electron chi connectivity index (χ1n) is 18.0. The Hall–Kier alpha value is -7.10. The highest BCUT2D eigenvalue weighted by atomic mass is 16.3. The summed E-state index contributed by atoms with van der Waals surface area (Å²) in [5, 5.41) is 11.8. The fourth-order valence-corrected chi connectivity index (χ4v) is 8.14. The molecule has 0 unspecified atom stereocenters.